The quantitative estimate of drug-likeness (QED) is 0.434. The molecule has 3 N–H and O–H groups in total. The molecular weight excluding hydrogens is 524 g/mol. The van der Waals surface area contributed by atoms with Crippen molar-refractivity contribution in [3.8, 4) is 0 Å². The first-order valence-corrected chi connectivity index (χ1v) is 13.9. The minimum Gasteiger partial charge on any atom is -0.331 e. The lowest BCUT2D eigenvalue weighted by molar-refractivity contribution is -0.138. The van der Waals surface area contributed by atoms with E-state index in [1.807, 2.05) is 13.8 Å². The summed E-state index contributed by atoms with van der Waals surface area (Å²) in [4.78, 5) is 28.2. The number of benzene rings is 2. The molecule has 3 atom stereocenters. The van der Waals surface area contributed by atoms with Gasteiger partial charge in [-0.2, -0.15) is 4.72 Å². The molecule has 37 heavy (non-hydrogen) atoms. The van der Waals surface area contributed by atoms with Gasteiger partial charge in [0.05, 0.1) is 23.4 Å². The third kappa shape index (κ3) is 7.34. The van der Waals surface area contributed by atoms with Crippen molar-refractivity contribution < 1.29 is 26.8 Å². The van der Waals surface area contributed by atoms with Crippen molar-refractivity contribution in [1.82, 2.24) is 9.62 Å². The molecule has 1 heterocycles. The van der Waals surface area contributed by atoms with Crippen LogP contribution in [0.2, 0.25) is 5.02 Å². The second-order valence-corrected chi connectivity index (χ2v) is 11.6. The SMILES string of the molecule is CC(C)C[C@@H](NS(=O)(=O)c1ccccc1)C(=O)N1CCC[C@H]1C(=O)[CH]c1cc(Cl)ccc1C(N)C(F)F. The van der Waals surface area contributed by atoms with Gasteiger partial charge in [-0.3, -0.25) is 9.59 Å². The van der Waals surface area contributed by atoms with E-state index < -0.39 is 46.3 Å². The molecule has 0 aromatic heterocycles. The first-order chi connectivity index (χ1) is 17.4. The van der Waals surface area contributed by atoms with Crippen LogP contribution in [0.5, 0.6) is 0 Å². The van der Waals surface area contributed by atoms with Crippen LogP contribution in [0, 0.1) is 12.3 Å². The fourth-order valence-corrected chi connectivity index (χ4v) is 5.82. The van der Waals surface area contributed by atoms with Crippen molar-refractivity contribution in [3.63, 3.8) is 0 Å². The van der Waals surface area contributed by atoms with Crippen molar-refractivity contribution in [2.24, 2.45) is 11.7 Å². The molecule has 1 aliphatic rings. The lowest BCUT2D eigenvalue weighted by Gasteiger charge is -2.29. The fraction of sp³-hybridized carbons (Fsp3) is 0.423. The predicted octanol–water partition coefficient (Wildman–Crippen LogP) is 4.11. The Morgan fingerprint density at radius 3 is 2.49 bits per heavy atom. The minimum atomic E-state index is -3.98. The van der Waals surface area contributed by atoms with Gasteiger partial charge in [-0.1, -0.05) is 49.7 Å². The Balaban J connectivity index is 1.83. The highest BCUT2D eigenvalue weighted by molar-refractivity contribution is 7.89. The number of alkyl halides is 2. The van der Waals surface area contributed by atoms with Gasteiger partial charge in [-0.25, -0.2) is 17.2 Å². The van der Waals surface area contributed by atoms with E-state index in [2.05, 4.69) is 4.72 Å². The number of carbonyl (C=O) groups is 2. The fourth-order valence-electron chi connectivity index (χ4n) is 4.41. The number of nitrogens with one attached hydrogen (secondary N) is 1. The Morgan fingerprint density at radius 2 is 1.86 bits per heavy atom. The molecule has 0 spiro atoms. The number of ketones is 1. The summed E-state index contributed by atoms with van der Waals surface area (Å²) >= 11 is 6.04. The first kappa shape index (κ1) is 29.2. The van der Waals surface area contributed by atoms with Crippen LogP contribution in [0.3, 0.4) is 0 Å². The van der Waals surface area contributed by atoms with Crippen molar-refractivity contribution >= 4 is 33.3 Å². The van der Waals surface area contributed by atoms with Gasteiger partial charge in [-0.05, 0) is 60.6 Å². The molecule has 2 aromatic rings. The molecule has 7 nitrogen and oxygen atoms in total. The zero-order chi connectivity index (χ0) is 27.3. The maximum Gasteiger partial charge on any atom is 0.257 e. The number of likely N-dealkylation sites (tertiary alicyclic amines) is 1. The van der Waals surface area contributed by atoms with Crippen LogP contribution in [0.1, 0.15) is 50.3 Å². The van der Waals surface area contributed by atoms with Crippen molar-refractivity contribution in [2.75, 3.05) is 6.54 Å². The molecule has 1 amide bonds. The van der Waals surface area contributed by atoms with E-state index in [4.69, 9.17) is 17.3 Å². The molecule has 1 aliphatic heterocycles. The second-order valence-electron chi connectivity index (χ2n) is 9.49. The van der Waals surface area contributed by atoms with E-state index in [0.29, 0.717) is 12.8 Å². The van der Waals surface area contributed by atoms with E-state index in [-0.39, 0.29) is 39.9 Å². The summed E-state index contributed by atoms with van der Waals surface area (Å²) in [7, 11) is -3.98. The van der Waals surface area contributed by atoms with Crippen molar-refractivity contribution in [2.45, 2.75) is 62.6 Å². The summed E-state index contributed by atoms with van der Waals surface area (Å²) in [5, 5.41) is 0.246. The van der Waals surface area contributed by atoms with Crippen LogP contribution < -0.4 is 10.5 Å². The van der Waals surface area contributed by atoms with E-state index in [1.54, 1.807) is 18.2 Å². The van der Waals surface area contributed by atoms with Crippen molar-refractivity contribution in [1.29, 1.82) is 0 Å². The van der Waals surface area contributed by atoms with Crippen LogP contribution >= 0.6 is 11.6 Å². The largest absolute Gasteiger partial charge is 0.331 e. The molecule has 11 heteroatoms. The smallest absolute Gasteiger partial charge is 0.257 e. The number of sulfonamides is 1. The Bertz CT molecular complexity index is 1210. The number of nitrogens with zero attached hydrogens (tertiary/aromatic N) is 1. The van der Waals surface area contributed by atoms with Crippen LogP contribution in [0.4, 0.5) is 8.78 Å². The molecule has 1 radical (unpaired) electrons. The molecule has 1 unspecified atom stereocenters. The van der Waals surface area contributed by atoms with E-state index >= 15 is 0 Å². The molecule has 1 fully saturated rings. The number of Topliss-reactive ketones (excluding diaryl/α,β-unsaturated/α-hetero) is 1. The van der Waals surface area contributed by atoms with E-state index in [0.717, 1.165) is 0 Å². The Morgan fingerprint density at radius 1 is 1.19 bits per heavy atom. The molecule has 201 valence electrons. The summed E-state index contributed by atoms with van der Waals surface area (Å²) in [5.74, 6) is -0.987. The molecule has 0 saturated carbocycles. The summed E-state index contributed by atoms with van der Waals surface area (Å²) in [6.45, 7) is 4.00. The van der Waals surface area contributed by atoms with Gasteiger partial charge in [0, 0.05) is 11.6 Å². The Hall–Kier alpha value is -2.40. The number of carbonyl (C=O) groups excluding carboxylic acids is 2. The van der Waals surface area contributed by atoms with Crippen LogP contribution in [-0.4, -0.2) is 50.1 Å². The number of rotatable bonds is 11. The average Bonchev–Trinajstić information content (AvgIpc) is 3.33. The van der Waals surface area contributed by atoms with Crippen LogP contribution in [0.25, 0.3) is 0 Å². The Kier molecular flexibility index (Phi) is 9.80. The highest BCUT2D eigenvalue weighted by Gasteiger charge is 2.39. The van der Waals surface area contributed by atoms with Gasteiger partial charge in [0.15, 0.2) is 5.78 Å². The van der Waals surface area contributed by atoms with Gasteiger partial charge in [0.1, 0.15) is 6.04 Å². The average molecular weight is 555 g/mol. The van der Waals surface area contributed by atoms with Gasteiger partial charge in [0.2, 0.25) is 15.9 Å². The summed E-state index contributed by atoms with van der Waals surface area (Å²) < 4.78 is 55.0. The topological polar surface area (TPSA) is 110 Å². The highest BCUT2D eigenvalue weighted by atomic mass is 35.5. The van der Waals surface area contributed by atoms with Gasteiger partial charge in [0.25, 0.3) is 6.43 Å². The van der Waals surface area contributed by atoms with E-state index in [9.17, 15) is 26.8 Å². The molecule has 2 aromatic carbocycles. The minimum absolute atomic E-state index is 0.0133. The number of hydrogen-bond donors (Lipinski definition) is 2. The molecule has 0 aliphatic carbocycles. The third-order valence-corrected chi connectivity index (χ3v) is 7.92. The zero-order valence-corrected chi connectivity index (χ0v) is 22.2. The van der Waals surface area contributed by atoms with Gasteiger partial charge in [-0.15, -0.1) is 0 Å². The maximum absolute atomic E-state index is 13.6. The number of amides is 1. The van der Waals surface area contributed by atoms with Crippen LogP contribution in [0.15, 0.2) is 53.4 Å². The van der Waals surface area contributed by atoms with Gasteiger partial charge >= 0.3 is 0 Å². The first-order valence-electron chi connectivity index (χ1n) is 12.0. The number of halogens is 3. The van der Waals surface area contributed by atoms with Gasteiger partial charge < -0.3 is 10.6 Å². The Labute approximate surface area is 221 Å². The standard InChI is InChI=1S/C26H31ClF2N3O4S/c1-16(2)13-21(31-37(35,36)19-7-4-3-5-8-19)26(34)32-12-6-9-22(32)23(33)15-17-14-18(27)10-11-20(17)24(30)25(28)29/h3-5,7-8,10-11,14-16,21-22,24-25,31H,6,9,12-13,30H2,1-2H3/t21-,22+,24?/m1/s1. The lowest BCUT2D eigenvalue weighted by atomic mass is 9.94. The summed E-state index contributed by atoms with van der Waals surface area (Å²) in [6.07, 6.45) is -0.534. The second kappa shape index (κ2) is 12.4. The highest BCUT2D eigenvalue weighted by Crippen LogP contribution is 2.29. The third-order valence-electron chi connectivity index (χ3n) is 6.20. The summed E-state index contributed by atoms with van der Waals surface area (Å²) in [5.41, 5.74) is 5.86. The normalized spacial score (nSPS) is 17.8. The van der Waals surface area contributed by atoms with Crippen LogP contribution in [-0.2, 0) is 19.6 Å². The number of nitrogens with two attached hydrogens (primary N) is 1. The molecular formula is C26H31ClF2N3O4S. The molecule has 1 saturated heterocycles. The van der Waals surface area contributed by atoms with Crippen molar-refractivity contribution in [3.05, 3.63) is 71.1 Å². The zero-order valence-electron chi connectivity index (χ0n) is 20.6. The van der Waals surface area contributed by atoms with E-state index in [1.165, 1.54) is 41.7 Å². The molecule has 3 rings (SSSR count). The monoisotopic (exact) mass is 554 g/mol. The lowest BCUT2D eigenvalue weighted by Crippen LogP contribution is -2.52. The number of hydrogen-bond acceptors (Lipinski definition) is 5. The predicted molar refractivity (Wildman–Crippen MR) is 138 cm³/mol. The maximum atomic E-state index is 13.6. The summed E-state index contributed by atoms with van der Waals surface area (Å²) in [6, 6.07) is 8.33. The molecule has 0 bridgehead atoms.